The Balaban J connectivity index is 3.75. The van der Waals surface area contributed by atoms with Gasteiger partial charge in [0.1, 0.15) is 0 Å². The van der Waals surface area contributed by atoms with Crippen molar-refractivity contribution in [2.24, 2.45) is 0 Å². The topological polar surface area (TPSA) is 36.9 Å². The molecule has 0 amide bonds. The summed E-state index contributed by atoms with van der Waals surface area (Å²) in [6.07, 6.45) is 0. The lowest BCUT2D eigenvalue weighted by atomic mass is 10.2. The van der Waals surface area contributed by atoms with Gasteiger partial charge in [-0.15, -0.1) is 0 Å². The Morgan fingerprint density at radius 1 is 0.441 bits per heavy atom. The fourth-order valence-electron chi connectivity index (χ4n) is 4.17. The number of rotatable bonds is 8. The smallest absolute Gasteiger partial charge is 0.376 e. The minimum atomic E-state index is -2.79. The Bertz CT molecular complexity index is 674. The lowest BCUT2D eigenvalue weighted by Crippen LogP contribution is -2.64. The lowest BCUT2D eigenvalue weighted by Gasteiger charge is -2.45. The molecule has 0 atom stereocenters. The third kappa shape index (κ3) is 8.86. The molecular formula is C28H54O4Si2. The Labute approximate surface area is 213 Å². The van der Waals surface area contributed by atoms with Crippen LogP contribution in [-0.4, -0.2) is 39.5 Å². The van der Waals surface area contributed by atoms with Crippen molar-refractivity contribution in [3.8, 4) is 0 Å². The summed E-state index contributed by atoms with van der Waals surface area (Å²) in [5, 5.41) is 2.29. The third-order valence-electron chi connectivity index (χ3n) is 5.04. The maximum Gasteiger partial charge on any atom is 0.376 e. The summed E-state index contributed by atoms with van der Waals surface area (Å²) in [7, 11) is -5.58. The van der Waals surface area contributed by atoms with E-state index in [4.69, 9.17) is 17.7 Å². The summed E-state index contributed by atoms with van der Waals surface area (Å²) >= 11 is 0. The van der Waals surface area contributed by atoms with E-state index < -0.39 is 17.1 Å². The van der Waals surface area contributed by atoms with E-state index in [1.165, 1.54) is 0 Å². The Kier molecular flexibility index (Phi) is 9.70. The number of hydrogen-bond acceptors (Lipinski definition) is 4. The zero-order chi connectivity index (χ0) is 27.0. The summed E-state index contributed by atoms with van der Waals surface area (Å²) in [6, 6.07) is 8.84. The van der Waals surface area contributed by atoms with Crippen LogP contribution in [0.4, 0.5) is 0 Å². The van der Waals surface area contributed by atoms with Crippen molar-refractivity contribution in [2.45, 2.75) is 144 Å². The second-order valence-corrected chi connectivity index (χ2v) is 21.0. The summed E-state index contributed by atoms with van der Waals surface area (Å²) in [6.45, 7) is 34.2. The van der Waals surface area contributed by atoms with Gasteiger partial charge in [-0.2, -0.15) is 0 Å². The highest BCUT2D eigenvalue weighted by Crippen LogP contribution is 2.34. The minimum Gasteiger partial charge on any atom is -0.386 e. The molecule has 1 aromatic carbocycles. The van der Waals surface area contributed by atoms with Crippen LogP contribution in [0, 0.1) is 0 Å². The molecule has 0 spiro atoms. The molecule has 4 nitrogen and oxygen atoms in total. The standard InChI is InChI=1S/C28H54O4Si2/c1-21(2)33(29-25(5,6)7,30-26(8,9)10)23-17-19-24(20-18-23)34(22(3)4,31-27(11,12)13)32-28(14,15)16/h17-22H,1-16H3. The fourth-order valence-corrected chi connectivity index (χ4v) is 11.9. The molecule has 0 radical (unpaired) electrons. The van der Waals surface area contributed by atoms with Gasteiger partial charge in [0.15, 0.2) is 0 Å². The second-order valence-electron chi connectivity index (χ2n) is 14.1. The largest absolute Gasteiger partial charge is 0.386 e. The van der Waals surface area contributed by atoms with E-state index in [9.17, 15) is 0 Å². The van der Waals surface area contributed by atoms with Crippen molar-refractivity contribution in [3.05, 3.63) is 24.3 Å². The zero-order valence-electron chi connectivity index (χ0n) is 25.1. The van der Waals surface area contributed by atoms with E-state index in [0.29, 0.717) is 0 Å². The number of benzene rings is 1. The van der Waals surface area contributed by atoms with Crippen molar-refractivity contribution < 1.29 is 17.7 Å². The molecule has 0 bridgehead atoms. The third-order valence-corrected chi connectivity index (χ3v) is 14.0. The average Bonchev–Trinajstić information content (AvgIpc) is 2.55. The zero-order valence-corrected chi connectivity index (χ0v) is 27.1. The van der Waals surface area contributed by atoms with Crippen molar-refractivity contribution in [1.29, 1.82) is 0 Å². The summed E-state index contributed by atoms with van der Waals surface area (Å²) in [5.74, 6) is 0. The van der Waals surface area contributed by atoms with Crippen LogP contribution in [0.3, 0.4) is 0 Å². The van der Waals surface area contributed by atoms with Crippen LogP contribution in [0.2, 0.25) is 11.1 Å². The SMILES string of the molecule is CC(C)[Si](OC(C)(C)C)(OC(C)(C)C)c1ccc([Si](OC(C)(C)C)(OC(C)(C)C)C(C)C)cc1. The van der Waals surface area contributed by atoms with Crippen molar-refractivity contribution in [2.75, 3.05) is 0 Å². The summed E-state index contributed by atoms with van der Waals surface area (Å²) in [4.78, 5) is 0. The maximum atomic E-state index is 6.85. The predicted molar refractivity (Wildman–Crippen MR) is 151 cm³/mol. The molecular weight excluding hydrogens is 456 g/mol. The first kappa shape index (κ1) is 31.5. The van der Waals surface area contributed by atoms with Gasteiger partial charge < -0.3 is 17.7 Å². The highest BCUT2D eigenvalue weighted by Gasteiger charge is 2.52. The van der Waals surface area contributed by atoms with Crippen LogP contribution >= 0.6 is 0 Å². The molecule has 0 N–H and O–H groups in total. The Hall–Kier alpha value is -0.506. The molecule has 6 heteroatoms. The van der Waals surface area contributed by atoms with Crippen LogP contribution in [0.15, 0.2) is 24.3 Å². The van der Waals surface area contributed by atoms with Gasteiger partial charge in [0, 0.05) is 11.1 Å². The Morgan fingerprint density at radius 2 is 0.618 bits per heavy atom. The molecule has 0 aliphatic rings. The molecule has 198 valence electrons. The first-order valence-electron chi connectivity index (χ1n) is 12.8. The second kappa shape index (κ2) is 10.5. The van der Waals surface area contributed by atoms with Gasteiger partial charge >= 0.3 is 17.1 Å². The summed E-state index contributed by atoms with van der Waals surface area (Å²) in [5.41, 5.74) is -0.798. The van der Waals surface area contributed by atoms with E-state index in [2.05, 4.69) is 135 Å². The van der Waals surface area contributed by atoms with Crippen LogP contribution < -0.4 is 10.4 Å². The van der Waals surface area contributed by atoms with Crippen LogP contribution in [0.25, 0.3) is 0 Å². The van der Waals surface area contributed by atoms with Gasteiger partial charge in [0.25, 0.3) is 0 Å². The van der Waals surface area contributed by atoms with Gasteiger partial charge in [-0.1, -0.05) is 52.0 Å². The molecule has 0 aliphatic carbocycles. The molecule has 1 rings (SSSR count). The molecule has 0 aliphatic heterocycles. The van der Waals surface area contributed by atoms with Crippen LogP contribution in [-0.2, 0) is 17.7 Å². The van der Waals surface area contributed by atoms with Gasteiger partial charge in [0.2, 0.25) is 0 Å². The molecule has 34 heavy (non-hydrogen) atoms. The van der Waals surface area contributed by atoms with Crippen molar-refractivity contribution in [1.82, 2.24) is 0 Å². The van der Waals surface area contributed by atoms with E-state index in [1.54, 1.807) is 0 Å². The van der Waals surface area contributed by atoms with E-state index >= 15 is 0 Å². The number of hydrogen-bond donors (Lipinski definition) is 0. The van der Waals surface area contributed by atoms with E-state index in [-0.39, 0.29) is 33.5 Å². The van der Waals surface area contributed by atoms with Crippen LogP contribution in [0.5, 0.6) is 0 Å². The first-order valence-corrected chi connectivity index (χ1v) is 16.6. The van der Waals surface area contributed by atoms with Crippen LogP contribution in [0.1, 0.15) is 111 Å². The van der Waals surface area contributed by atoms with Crippen molar-refractivity contribution in [3.63, 3.8) is 0 Å². The highest BCUT2D eigenvalue weighted by atomic mass is 28.4. The van der Waals surface area contributed by atoms with E-state index in [1.807, 2.05) is 0 Å². The van der Waals surface area contributed by atoms with Crippen molar-refractivity contribution >= 4 is 27.5 Å². The molecule has 0 heterocycles. The molecule has 0 saturated heterocycles. The molecule has 0 aromatic heterocycles. The van der Waals surface area contributed by atoms with E-state index in [0.717, 1.165) is 10.4 Å². The molecule has 0 saturated carbocycles. The molecule has 1 aromatic rings. The van der Waals surface area contributed by atoms with Gasteiger partial charge in [0.05, 0.1) is 22.4 Å². The molecule has 0 unspecified atom stereocenters. The lowest BCUT2D eigenvalue weighted by molar-refractivity contribution is 0.0166. The Morgan fingerprint density at radius 3 is 0.735 bits per heavy atom. The predicted octanol–water partition coefficient (Wildman–Crippen LogP) is 7.07. The highest BCUT2D eigenvalue weighted by molar-refractivity contribution is 6.84. The molecule has 0 fully saturated rings. The average molecular weight is 511 g/mol. The van der Waals surface area contributed by atoms with Gasteiger partial charge in [-0.25, -0.2) is 0 Å². The van der Waals surface area contributed by atoms with Gasteiger partial charge in [-0.05, 0) is 93.5 Å². The quantitative estimate of drug-likeness (QED) is 0.351. The fraction of sp³-hybridized carbons (Fsp3) is 0.786. The maximum absolute atomic E-state index is 6.85. The summed E-state index contributed by atoms with van der Waals surface area (Å²) < 4.78 is 27.4. The minimum absolute atomic E-state index is 0.237. The first-order chi connectivity index (χ1) is 14.9. The van der Waals surface area contributed by atoms with Gasteiger partial charge in [-0.3, -0.25) is 0 Å². The normalized spacial score (nSPS) is 14.9. The monoisotopic (exact) mass is 510 g/mol.